The Morgan fingerprint density at radius 1 is 1.08 bits per heavy atom. The molecule has 0 aliphatic carbocycles. The minimum absolute atomic E-state index is 0.0496. The number of anilines is 1. The topological polar surface area (TPSA) is 40.6 Å². The van der Waals surface area contributed by atoms with Crippen LogP contribution < -0.4 is 4.90 Å². The van der Waals surface area contributed by atoms with E-state index in [9.17, 15) is 9.59 Å². The Hall–Kier alpha value is -2.33. The Morgan fingerprint density at radius 3 is 2.40 bits per heavy atom. The molecule has 0 radical (unpaired) electrons. The molecular formula is C20H21ClN2O2. The number of nitrogens with zero attached hydrogens (tertiary/aromatic N) is 2. The molecule has 1 aliphatic rings. The summed E-state index contributed by atoms with van der Waals surface area (Å²) in [5.74, 6) is 0.108. The van der Waals surface area contributed by atoms with E-state index in [1.165, 1.54) is 0 Å². The van der Waals surface area contributed by atoms with Gasteiger partial charge in [0.1, 0.15) is 0 Å². The number of hydrogen-bond donors (Lipinski definition) is 0. The highest BCUT2D eigenvalue weighted by Crippen LogP contribution is 2.22. The van der Waals surface area contributed by atoms with Crippen LogP contribution in [0.1, 0.15) is 35.2 Å². The standard InChI is InChI=1S/C20H21ClN2O2/c1-22(14-15-5-9-17(21)10-6-15)20(25)16-7-11-18(12-8-16)23-13-3-2-4-19(23)24/h5-12H,2-4,13-14H2,1H3. The van der Waals surface area contributed by atoms with Crippen molar-refractivity contribution >= 4 is 29.1 Å². The molecule has 0 N–H and O–H groups in total. The van der Waals surface area contributed by atoms with Crippen LogP contribution in [0.3, 0.4) is 0 Å². The molecule has 0 unspecified atom stereocenters. The van der Waals surface area contributed by atoms with Crippen LogP contribution in [0.25, 0.3) is 0 Å². The first kappa shape index (κ1) is 17.5. The van der Waals surface area contributed by atoms with E-state index in [1.54, 1.807) is 29.0 Å². The second kappa shape index (κ2) is 7.70. The summed E-state index contributed by atoms with van der Waals surface area (Å²) in [5, 5.41) is 0.681. The molecule has 130 valence electrons. The van der Waals surface area contributed by atoms with Crippen molar-refractivity contribution in [2.75, 3.05) is 18.5 Å². The van der Waals surface area contributed by atoms with Gasteiger partial charge in [-0.15, -0.1) is 0 Å². The maximum atomic E-state index is 12.6. The lowest BCUT2D eigenvalue weighted by Crippen LogP contribution is -2.35. The summed E-state index contributed by atoms with van der Waals surface area (Å²) in [5.41, 5.74) is 2.50. The smallest absolute Gasteiger partial charge is 0.253 e. The van der Waals surface area contributed by atoms with Gasteiger partial charge in [0.05, 0.1) is 0 Å². The van der Waals surface area contributed by atoms with Crippen LogP contribution in [-0.2, 0) is 11.3 Å². The molecule has 3 rings (SSSR count). The highest BCUT2D eigenvalue weighted by molar-refractivity contribution is 6.30. The summed E-state index contributed by atoms with van der Waals surface area (Å²) >= 11 is 5.89. The first-order chi connectivity index (χ1) is 12.0. The number of hydrogen-bond acceptors (Lipinski definition) is 2. The van der Waals surface area contributed by atoms with Crippen LogP contribution in [0.2, 0.25) is 5.02 Å². The van der Waals surface area contributed by atoms with Gasteiger partial charge in [-0.1, -0.05) is 23.7 Å². The van der Waals surface area contributed by atoms with Gasteiger partial charge in [-0.25, -0.2) is 0 Å². The summed E-state index contributed by atoms with van der Waals surface area (Å²) in [4.78, 5) is 28.0. The predicted octanol–water partition coefficient (Wildman–Crippen LogP) is 4.13. The molecular weight excluding hydrogens is 336 g/mol. The first-order valence-electron chi connectivity index (χ1n) is 8.45. The van der Waals surface area contributed by atoms with E-state index in [4.69, 9.17) is 11.6 Å². The molecule has 1 fully saturated rings. The normalized spacial score (nSPS) is 14.5. The van der Waals surface area contributed by atoms with Gasteiger partial charge in [0, 0.05) is 42.8 Å². The third-order valence-corrected chi connectivity index (χ3v) is 4.68. The molecule has 1 aliphatic heterocycles. The maximum absolute atomic E-state index is 12.6. The van der Waals surface area contributed by atoms with Crippen LogP contribution in [-0.4, -0.2) is 30.3 Å². The molecule has 0 saturated carbocycles. The number of piperidine rings is 1. The first-order valence-corrected chi connectivity index (χ1v) is 8.83. The van der Waals surface area contributed by atoms with Crippen molar-refractivity contribution in [3.63, 3.8) is 0 Å². The number of carbonyl (C=O) groups excluding carboxylic acids is 2. The van der Waals surface area contributed by atoms with Gasteiger partial charge in [0.25, 0.3) is 5.91 Å². The van der Waals surface area contributed by atoms with Crippen molar-refractivity contribution in [1.82, 2.24) is 4.90 Å². The molecule has 0 bridgehead atoms. The maximum Gasteiger partial charge on any atom is 0.253 e. The number of rotatable bonds is 4. The minimum atomic E-state index is -0.0496. The number of halogens is 1. The molecule has 25 heavy (non-hydrogen) atoms. The van der Waals surface area contributed by atoms with E-state index in [0.29, 0.717) is 23.6 Å². The summed E-state index contributed by atoms with van der Waals surface area (Å²) in [6.45, 7) is 1.27. The van der Waals surface area contributed by atoms with Crippen molar-refractivity contribution in [3.8, 4) is 0 Å². The van der Waals surface area contributed by atoms with Gasteiger partial charge in [-0.05, 0) is 54.8 Å². The Bertz CT molecular complexity index is 756. The summed E-state index contributed by atoms with van der Waals surface area (Å²) < 4.78 is 0. The van der Waals surface area contributed by atoms with Gasteiger partial charge in [-0.3, -0.25) is 9.59 Å². The predicted molar refractivity (Wildman–Crippen MR) is 99.9 cm³/mol. The minimum Gasteiger partial charge on any atom is -0.337 e. The highest BCUT2D eigenvalue weighted by atomic mass is 35.5. The highest BCUT2D eigenvalue weighted by Gasteiger charge is 2.20. The molecule has 0 spiro atoms. The average Bonchev–Trinajstić information content (AvgIpc) is 2.63. The van der Waals surface area contributed by atoms with Gasteiger partial charge in [0.15, 0.2) is 0 Å². The van der Waals surface area contributed by atoms with E-state index in [0.717, 1.165) is 30.6 Å². The van der Waals surface area contributed by atoms with Gasteiger partial charge >= 0.3 is 0 Å². The summed E-state index contributed by atoms with van der Waals surface area (Å²) in [6, 6.07) is 14.8. The fourth-order valence-electron chi connectivity index (χ4n) is 3.02. The Morgan fingerprint density at radius 2 is 1.76 bits per heavy atom. The number of carbonyl (C=O) groups is 2. The second-order valence-corrected chi connectivity index (χ2v) is 6.77. The molecule has 1 saturated heterocycles. The third-order valence-electron chi connectivity index (χ3n) is 4.43. The Labute approximate surface area is 153 Å². The summed E-state index contributed by atoms with van der Waals surface area (Å²) in [7, 11) is 1.78. The van der Waals surface area contributed by atoms with E-state index in [2.05, 4.69) is 0 Å². The quantitative estimate of drug-likeness (QED) is 0.826. The lowest BCUT2D eigenvalue weighted by atomic mass is 10.1. The van der Waals surface area contributed by atoms with Gasteiger partial charge < -0.3 is 9.80 Å². The zero-order valence-electron chi connectivity index (χ0n) is 14.2. The van der Waals surface area contributed by atoms with Gasteiger partial charge in [-0.2, -0.15) is 0 Å². The van der Waals surface area contributed by atoms with Crippen molar-refractivity contribution < 1.29 is 9.59 Å². The molecule has 2 amide bonds. The summed E-state index contributed by atoms with van der Waals surface area (Å²) in [6.07, 6.45) is 2.59. The van der Waals surface area contributed by atoms with Crippen LogP contribution in [0.5, 0.6) is 0 Å². The zero-order valence-corrected chi connectivity index (χ0v) is 15.0. The molecule has 2 aromatic rings. The van der Waals surface area contributed by atoms with Crippen molar-refractivity contribution in [2.45, 2.75) is 25.8 Å². The lowest BCUT2D eigenvalue weighted by molar-refractivity contribution is -0.119. The van der Waals surface area contributed by atoms with E-state index in [-0.39, 0.29) is 11.8 Å². The fraction of sp³-hybridized carbons (Fsp3) is 0.300. The lowest BCUT2D eigenvalue weighted by Gasteiger charge is -2.27. The van der Waals surface area contributed by atoms with Crippen LogP contribution in [0, 0.1) is 0 Å². The molecule has 5 heteroatoms. The largest absolute Gasteiger partial charge is 0.337 e. The van der Waals surface area contributed by atoms with Crippen LogP contribution >= 0.6 is 11.6 Å². The van der Waals surface area contributed by atoms with E-state index in [1.807, 2.05) is 36.4 Å². The molecule has 0 aromatic heterocycles. The van der Waals surface area contributed by atoms with Crippen molar-refractivity contribution in [2.24, 2.45) is 0 Å². The van der Waals surface area contributed by atoms with Gasteiger partial charge in [0.2, 0.25) is 5.91 Å². The van der Waals surface area contributed by atoms with Crippen LogP contribution in [0.4, 0.5) is 5.69 Å². The SMILES string of the molecule is CN(Cc1ccc(Cl)cc1)C(=O)c1ccc(N2CCCCC2=O)cc1. The molecule has 2 aromatic carbocycles. The number of benzene rings is 2. The van der Waals surface area contributed by atoms with Crippen LogP contribution in [0.15, 0.2) is 48.5 Å². The second-order valence-electron chi connectivity index (χ2n) is 6.34. The fourth-order valence-corrected chi connectivity index (χ4v) is 3.14. The monoisotopic (exact) mass is 356 g/mol. The molecule has 1 heterocycles. The molecule has 0 atom stereocenters. The Kier molecular flexibility index (Phi) is 5.39. The number of amides is 2. The third kappa shape index (κ3) is 4.20. The van der Waals surface area contributed by atoms with E-state index >= 15 is 0 Å². The Balaban J connectivity index is 1.67. The van der Waals surface area contributed by atoms with Crippen molar-refractivity contribution in [1.29, 1.82) is 0 Å². The molecule has 4 nitrogen and oxygen atoms in total. The zero-order chi connectivity index (χ0) is 17.8. The van der Waals surface area contributed by atoms with Crippen molar-refractivity contribution in [3.05, 3.63) is 64.7 Å². The average molecular weight is 357 g/mol. The van der Waals surface area contributed by atoms with E-state index < -0.39 is 0 Å².